The largest absolute Gasteiger partial charge is 0.492 e. The molecule has 62 valence electrons. The third kappa shape index (κ3) is 1.97. The lowest BCUT2D eigenvalue weighted by Crippen LogP contribution is -1.97. The van der Waals surface area contributed by atoms with E-state index >= 15 is 0 Å². The van der Waals surface area contributed by atoms with Gasteiger partial charge in [0.25, 0.3) is 0 Å². The van der Waals surface area contributed by atoms with Gasteiger partial charge in [0.05, 0.1) is 6.20 Å². The Morgan fingerprint density at radius 2 is 2.36 bits per heavy atom. The Morgan fingerprint density at radius 3 is 2.82 bits per heavy atom. The number of unbranched alkanes of at least 4 members (excludes halogenated alkanes) is 1. The molecule has 0 aliphatic heterocycles. The molecular formula is C8H14N2O. The van der Waals surface area contributed by atoms with Gasteiger partial charge in [0.15, 0.2) is 0 Å². The molecule has 0 bridgehead atoms. The van der Waals surface area contributed by atoms with Crippen molar-refractivity contribution in [1.29, 1.82) is 0 Å². The Morgan fingerprint density at radius 1 is 1.64 bits per heavy atom. The van der Waals surface area contributed by atoms with Crippen LogP contribution in [0.1, 0.15) is 25.6 Å². The molecule has 3 nitrogen and oxygen atoms in total. The van der Waals surface area contributed by atoms with Crippen LogP contribution in [0, 0.1) is 6.92 Å². The van der Waals surface area contributed by atoms with Crippen molar-refractivity contribution in [3.63, 3.8) is 0 Å². The van der Waals surface area contributed by atoms with Crippen LogP contribution in [0.4, 0.5) is 0 Å². The van der Waals surface area contributed by atoms with E-state index in [4.69, 9.17) is 5.11 Å². The van der Waals surface area contributed by atoms with Crippen LogP contribution in [0.2, 0.25) is 0 Å². The highest BCUT2D eigenvalue weighted by Gasteiger charge is 1.99. The second-order valence-corrected chi connectivity index (χ2v) is 2.69. The predicted octanol–water partition coefficient (Wildman–Crippen LogP) is 1.70. The summed E-state index contributed by atoms with van der Waals surface area (Å²) in [7, 11) is 0. The summed E-state index contributed by atoms with van der Waals surface area (Å²) in [5.41, 5.74) is 0. The van der Waals surface area contributed by atoms with Crippen molar-refractivity contribution < 1.29 is 5.11 Å². The molecule has 3 heteroatoms. The van der Waals surface area contributed by atoms with Crippen LogP contribution >= 0.6 is 0 Å². The van der Waals surface area contributed by atoms with Gasteiger partial charge in [-0.1, -0.05) is 13.3 Å². The minimum absolute atomic E-state index is 0.124. The number of rotatable bonds is 3. The maximum Gasteiger partial charge on any atom is 0.229 e. The van der Waals surface area contributed by atoms with E-state index in [0.29, 0.717) is 0 Å². The third-order valence-electron chi connectivity index (χ3n) is 1.72. The minimum atomic E-state index is 0.124. The standard InChI is InChI=1S/C8H14N2O/c1-3-4-5-10-6-8(11)9-7(10)2/h6,11H,3-5H2,1-2H3. The molecule has 1 rings (SSSR count). The van der Waals surface area contributed by atoms with Crippen molar-refractivity contribution in [1.82, 2.24) is 9.55 Å². The normalized spacial score (nSPS) is 10.4. The summed E-state index contributed by atoms with van der Waals surface area (Å²) in [6.07, 6.45) is 3.97. The highest BCUT2D eigenvalue weighted by atomic mass is 16.3. The molecule has 0 amide bonds. The summed E-state index contributed by atoms with van der Waals surface area (Å²) in [6.45, 7) is 5.00. The van der Waals surface area contributed by atoms with Crippen molar-refractivity contribution in [3.8, 4) is 5.88 Å². The lowest BCUT2D eigenvalue weighted by atomic mass is 10.3. The van der Waals surface area contributed by atoms with Crippen LogP contribution in [0.3, 0.4) is 0 Å². The zero-order valence-electron chi connectivity index (χ0n) is 7.04. The molecule has 1 N–H and O–H groups in total. The molecule has 0 aliphatic carbocycles. The van der Waals surface area contributed by atoms with Gasteiger partial charge in [-0.05, 0) is 13.3 Å². The van der Waals surface area contributed by atoms with Gasteiger partial charge in [-0.25, -0.2) is 0 Å². The summed E-state index contributed by atoms with van der Waals surface area (Å²) < 4.78 is 1.97. The van der Waals surface area contributed by atoms with Crippen LogP contribution in [0.15, 0.2) is 6.20 Å². The van der Waals surface area contributed by atoms with Gasteiger partial charge >= 0.3 is 0 Å². The summed E-state index contributed by atoms with van der Waals surface area (Å²) in [5, 5.41) is 9.00. The first-order valence-electron chi connectivity index (χ1n) is 3.96. The maximum atomic E-state index is 9.00. The maximum absolute atomic E-state index is 9.00. The third-order valence-corrected chi connectivity index (χ3v) is 1.72. The van der Waals surface area contributed by atoms with Crippen LogP contribution in [0.25, 0.3) is 0 Å². The zero-order chi connectivity index (χ0) is 8.27. The molecule has 0 aromatic carbocycles. The molecule has 0 saturated carbocycles. The van der Waals surface area contributed by atoms with Crippen molar-refractivity contribution in [3.05, 3.63) is 12.0 Å². The predicted molar refractivity (Wildman–Crippen MR) is 43.5 cm³/mol. The lowest BCUT2D eigenvalue weighted by Gasteiger charge is -2.00. The fourth-order valence-corrected chi connectivity index (χ4v) is 1.05. The highest BCUT2D eigenvalue weighted by molar-refractivity contribution is 5.06. The molecule has 0 fully saturated rings. The summed E-state index contributed by atoms with van der Waals surface area (Å²) in [6, 6.07) is 0. The Hall–Kier alpha value is -0.990. The molecule has 0 atom stereocenters. The van der Waals surface area contributed by atoms with Gasteiger partial charge in [-0.2, -0.15) is 4.98 Å². The lowest BCUT2D eigenvalue weighted by molar-refractivity contribution is 0.454. The van der Waals surface area contributed by atoms with E-state index in [1.165, 1.54) is 6.42 Å². The molecule has 0 radical (unpaired) electrons. The first-order chi connectivity index (χ1) is 5.24. The molecule has 0 aliphatic rings. The van der Waals surface area contributed by atoms with E-state index in [1.807, 2.05) is 11.5 Å². The van der Waals surface area contributed by atoms with Gasteiger partial charge in [0.1, 0.15) is 5.82 Å². The Kier molecular flexibility index (Phi) is 2.52. The second-order valence-electron chi connectivity index (χ2n) is 2.69. The van der Waals surface area contributed by atoms with E-state index < -0.39 is 0 Å². The molecule has 1 aromatic rings. The average Bonchev–Trinajstić information content (AvgIpc) is 2.26. The van der Waals surface area contributed by atoms with E-state index in [9.17, 15) is 0 Å². The van der Waals surface area contributed by atoms with E-state index in [0.717, 1.165) is 18.8 Å². The van der Waals surface area contributed by atoms with Crippen LogP contribution in [-0.2, 0) is 6.54 Å². The number of hydrogen-bond donors (Lipinski definition) is 1. The number of aromatic nitrogens is 2. The number of imidazole rings is 1. The van der Waals surface area contributed by atoms with Crippen LogP contribution < -0.4 is 0 Å². The fraction of sp³-hybridized carbons (Fsp3) is 0.625. The molecule has 1 aromatic heterocycles. The van der Waals surface area contributed by atoms with Gasteiger partial charge in [0.2, 0.25) is 5.88 Å². The zero-order valence-corrected chi connectivity index (χ0v) is 7.04. The molecule has 11 heavy (non-hydrogen) atoms. The van der Waals surface area contributed by atoms with Crippen LogP contribution in [-0.4, -0.2) is 14.7 Å². The quantitative estimate of drug-likeness (QED) is 0.719. The highest BCUT2D eigenvalue weighted by Crippen LogP contribution is 2.08. The van der Waals surface area contributed by atoms with Crippen molar-refractivity contribution in [2.24, 2.45) is 0 Å². The summed E-state index contributed by atoms with van der Waals surface area (Å²) in [4.78, 5) is 3.88. The van der Waals surface area contributed by atoms with Crippen molar-refractivity contribution >= 4 is 0 Å². The number of aromatic hydroxyl groups is 1. The molecule has 0 saturated heterocycles. The Balaban J connectivity index is 2.62. The fourth-order valence-electron chi connectivity index (χ4n) is 1.05. The first kappa shape index (κ1) is 8.11. The van der Waals surface area contributed by atoms with Gasteiger partial charge < -0.3 is 9.67 Å². The number of aryl methyl sites for hydroxylation is 2. The monoisotopic (exact) mass is 154 g/mol. The van der Waals surface area contributed by atoms with Gasteiger partial charge in [0, 0.05) is 6.54 Å². The molecule has 0 unspecified atom stereocenters. The molecule has 0 spiro atoms. The van der Waals surface area contributed by atoms with Crippen LogP contribution in [0.5, 0.6) is 5.88 Å². The topological polar surface area (TPSA) is 38.0 Å². The summed E-state index contributed by atoms with van der Waals surface area (Å²) in [5.74, 6) is 1.01. The first-order valence-corrected chi connectivity index (χ1v) is 3.96. The second kappa shape index (κ2) is 3.42. The van der Waals surface area contributed by atoms with E-state index in [-0.39, 0.29) is 5.88 Å². The smallest absolute Gasteiger partial charge is 0.229 e. The van der Waals surface area contributed by atoms with Gasteiger partial charge in [-0.15, -0.1) is 0 Å². The average molecular weight is 154 g/mol. The number of hydrogen-bond acceptors (Lipinski definition) is 2. The Labute approximate surface area is 66.7 Å². The van der Waals surface area contributed by atoms with E-state index in [2.05, 4.69) is 11.9 Å². The van der Waals surface area contributed by atoms with E-state index in [1.54, 1.807) is 6.20 Å². The van der Waals surface area contributed by atoms with Crippen molar-refractivity contribution in [2.45, 2.75) is 33.2 Å². The van der Waals surface area contributed by atoms with Gasteiger partial charge in [-0.3, -0.25) is 0 Å². The number of nitrogens with zero attached hydrogens (tertiary/aromatic N) is 2. The molecule has 1 heterocycles. The minimum Gasteiger partial charge on any atom is -0.492 e. The SMILES string of the molecule is CCCCn1cc(O)nc1C. The van der Waals surface area contributed by atoms with Crippen molar-refractivity contribution in [2.75, 3.05) is 0 Å². The Bertz CT molecular complexity index is 230. The summed E-state index contributed by atoms with van der Waals surface area (Å²) >= 11 is 0. The molecular weight excluding hydrogens is 140 g/mol.